The van der Waals surface area contributed by atoms with Crippen LogP contribution in [0.3, 0.4) is 0 Å². The van der Waals surface area contributed by atoms with Gasteiger partial charge in [-0.25, -0.2) is 4.98 Å². The Morgan fingerprint density at radius 3 is 2.62 bits per heavy atom. The van der Waals surface area contributed by atoms with Gasteiger partial charge in [-0.05, 0) is 36.8 Å². The summed E-state index contributed by atoms with van der Waals surface area (Å²) < 4.78 is 7.29. The molecule has 2 aliphatic rings. The van der Waals surface area contributed by atoms with Crippen molar-refractivity contribution in [2.24, 2.45) is 0 Å². The van der Waals surface area contributed by atoms with Crippen molar-refractivity contribution in [2.45, 2.75) is 45.6 Å². The van der Waals surface area contributed by atoms with Crippen LogP contribution in [0.4, 0.5) is 5.69 Å². The summed E-state index contributed by atoms with van der Waals surface area (Å²) in [6.07, 6.45) is 2.76. The second-order valence-electron chi connectivity index (χ2n) is 7.94. The number of carbonyl (C=O) groups is 2. The summed E-state index contributed by atoms with van der Waals surface area (Å²) in [6.45, 7) is 7.13. The molecule has 154 valence electrons. The SMILES string of the molecule is CC(C)c1ccccc1NC(=O)c1nc(C(=O)N2CCOCC2)c2n1CCCC2. The van der Waals surface area contributed by atoms with Gasteiger partial charge in [0.25, 0.3) is 11.8 Å². The molecule has 0 bridgehead atoms. The van der Waals surface area contributed by atoms with Crippen molar-refractivity contribution in [2.75, 3.05) is 31.6 Å². The van der Waals surface area contributed by atoms with Crippen LogP contribution in [0.1, 0.15) is 65.0 Å². The zero-order chi connectivity index (χ0) is 20.4. The molecular formula is C22H28N4O3. The predicted molar refractivity (Wildman–Crippen MR) is 110 cm³/mol. The topological polar surface area (TPSA) is 76.5 Å². The van der Waals surface area contributed by atoms with E-state index in [9.17, 15) is 9.59 Å². The molecule has 1 saturated heterocycles. The number of rotatable bonds is 4. The zero-order valence-corrected chi connectivity index (χ0v) is 17.1. The van der Waals surface area contributed by atoms with E-state index in [0.29, 0.717) is 50.3 Å². The predicted octanol–water partition coefficient (Wildman–Crippen LogP) is 3.07. The Hall–Kier alpha value is -2.67. The lowest BCUT2D eigenvalue weighted by Gasteiger charge is -2.26. The van der Waals surface area contributed by atoms with Crippen LogP contribution in [-0.4, -0.2) is 52.6 Å². The molecule has 0 saturated carbocycles. The fraction of sp³-hybridized carbons (Fsp3) is 0.500. The maximum atomic E-state index is 13.1. The second kappa shape index (κ2) is 8.37. The normalized spacial score (nSPS) is 16.6. The minimum absolute atomic E-state index is 0.0967. The summed E-state index contributed by atoms with van der Waals surface area (Å²) in [6, 6.07) is 7.82. The van der Waals surface area contributed by atoms with E-state index in [2.05, 4.69) is 24.1 Å². The molecule has 2 aromatic rings. The highest BCUT2D eigenvalue weighted by molar-refractivity contribution is 6.04. The lowest BCUT2D eigenvalue weighted by molar-refractivity contribution is 0.0298. The minimum Gasteiger partial charge on any atom is -0.378 e. The number of aromatic nitrogens is 2. The Labute approximate surface area is 171 Å². The molecular weight excluding hydrogens is 368 g/mol. The zero-order valence-electron chi connectivity index (χ0n) is 17.1. The third-order valence-electron chi connectivity index (χ3n) is 5.65. The number of hydrogen-bond donors (Lipinski definition) is 1. The first kappa shape index (κ1) is 19.6. The monoisotopic (exact) mass is 396 g/mol. The number of benzene rings is 1. The molecule has 0 aliphatic carbocycles. The summed E-state index contributed by atoms with van der Waals surface area (Å²) in [5, 5.41) is 3.02. The van der Waals surface area contributed by atoms with Crippen molar-refractivity contribution in [1.29, 1.82) is 0 Å². The highest BCUT2D eigenvalue weighted by atomic mass is 16.5. The standard InChI is InChI=1S/C22H28N4O3/c1-15(2)16-7-3-4-8-17(16)23-21(27)20-24-19(18-9-5-6-10-26(18)20)22(28)25-11-13-29-14-12-25/h3-4,7-8,15H,5-6,9-14H2,1-2H3,(H,23,27). The van der Waals surface area contributed by atoms with Crippen molar-refractivity contribution in [3.05, 3.63) is 47.0 Å². The van der Waals surface area contributed by atoms with Gasteiger partial charge in [-0.1, -0.05) is 32.0 Å². The number of imidazole rings is 1. The number of carbonyl (C=O) groups excluding carboxylic acids is 2. The van der Waals surface area contributed by atoms with Crippen LogP contribution in [0.25, 0.3) is 0 Å². The van der Waals surface area contributed by atoms with Gasteiger partial charge in [-0.3, -0.25) is 9.59 Å². The van der Waals surface area contributed by atoms with Gasteiger partial charge in [0.2, 0.25) is 0 Å². The van der Waals surface area contributed by atoms with Crippen molar-refractivity contribution in [3.63, 3.8) is 0 Å². The number of hydrogen-bond acceptors (Lipinski definition) is 4. The number of fused-ring (bicyclic) bond motifs is 1. The van der Waals surface area contributed by atoms with Crippen LogP contribution < -0.4 is 5.32 Å². The molecule has 29 heavy (non-hydrogen) atoms. The average molecular weight is 396 g/mol. The van der Waals surface area contributed by atoms with E-state index in [1.54, 1.807) is 4.90 Å². The summed E-state index contributed by atoms with van der Waals surface area (Å²) in [7, 11) is 0. The van der Waals surface area contributed by atoms with Gasteiger partial charge in [0.15, 0.2) is 5.82 Å². The summed E-state index contributed by atoms with van der Waals surface area (Å²) in [4.78, 5) is 32.5. The molecule has 1 aromatic heterocycles. The molecule has 1 N–H and O–H groups in total. The second-order valence-corrected chi connectivity index (χ2v) is 7.94. The molecule has 7 heteroatoms. The Kier molecular flexibility index (Phi) is 5.67. The highest BCUT2D eigenvalue weighted by Gasteiger charge is 2.30. The number of ether oxygens (including phenoxy) is 1. The Bertz CT molecular complexity index is 913. The van der Waals surface area contributed by atoms with E-state index in [0.717, 1.165) is 36.2 Å². The van der Waals surface area contributed by atoms with Gasteiger partial charge in [0.1, 0.15) is 5.69 Å². The number of nitrogens with zero attached hydrogens (tertiary/aromatic N) is 3. The molecule has 4 rings (SSSR count). The molecule has 2 aliphatic heterocycles. The molecule has 7 nitrogen and oxygen atoms in total. The largest absolute Gasteiger partial charge is 0.378 e. The summed E-state index contributed by atoms with van der Waals surface area (Å²) in [5.41, 5.74) is 3.18. The van der Waals surface area contributed by atoms with Crippen LogP contribution in [0.15, 0.2) is 24.3 Å². The lowest BCUT2D eigenvalue weighted by atomic mass is 10.0. The van der Waals surface area contributed by atoms with Crippen LogP contribution in [0.5, 0.6) is 0 Å². The maximum Gasteiger partial charge on any atom is 0.291 e. The Morgan fingerprint density at radius 2 is 1.86 bits per heavy atom. The van der Waals surface area contributed by atoms with Gasteiger partial charge >= 0.3 is 0 Å². The van der Waals surface area contributed by atoms with Crippen molar-refractivity contribution in [3.8, 4) is 0 Å². The van der Waals surface area contributed by atoms with Crippen molar-refractivity contribution in [1.82, 2.24) is 14.5 Å². The van der Waals surface area contributed by atoms with E-state index in [4.69, 9.17) is 4.74 Å². The first-order valence-electron chi connectivity index (χ1n) is 10.4. The van der Waals surface area contributed by atoms with Crippen molar-refractivity contribution >= 4 is 17.5 Å². The smallest absolute Gasteiger partial charge is 0.291 e. The highest BCUT2D eigenvalue weighted by Crippen LogP contribution is 2.26. The molecule has 2 amide bonds. The van der Waals surface area contributed by atoms with Crippen LogP contribution >= 0.6 is 0 Å². The van der Waals surface area contributed by atoms with E-state index >= 15 is 0 Å². The number of morpholine rings is 1. The number of para-hydroxylation sites is 1. The number of anilines is 1. The third kappa shape index (κ3) is 3.92. The fourth-order valence-corrected chi connectivity index (χ4v) is 4.10. The molecule has 3 heterocycles. The molecule has 1 aromatic carbocycles. The Morgan fingerprint density at radius 1 is 1.10 bits per heavy atom. The summed E-state index contributed by atoms with van der Waals surface area (Å²) in [5.74, 6) is 0.261. The van der Waals surface area contributed by atoms with Crippen molar-refractivity contribution < 1.29 is 14.3 Å². The van der Waals surface area contributed by atoms with E-state index < -0.39 is 0 Å². The van der Waals surface area contributed by atoms with Crippen LogP contribution in [0, 0.1) is 0 Å². The van der Waals surface area contributed by atoms with E-state index in [1.807, 2.05) is 28.8 Å². The summed E-state index contributed by atoms with van der Waals surface area (Å²) >= 11 is 0. The fourth-order valence-electron chi connectivity index (χ4n) is 4.10. The molecule has 1 fully saturated rings. The molecule has 0 atom stereocenters. The molecule has 0 spiro atoms. The first-order chi connectivity index (χ1) is 14.1. The van der Waals surface area contributed by atoms with Gasteiger partial charge < -0.3 is 19.5 Å². The van der Waals surface area contributed by atoms with Gasteiger partial charge in [-0.15, -0.1) is 0 Å². The van der Waals surface area contributed by atoms with Gasteiger partial charge in [0.05, 0.1) is 18.9 Å². The minimum atomic E-state index is -0.262. The lowest BCUT2D eigenvalue weighted by Crippen LogP contribution is -2.41. The molecule has 0 unspecified atom stereocenters. The number of amides is 2. The van der Waals surface area contributed by atoms with E-state index in [-0.39, 0.29) is 11.8 Å². The quantitative estimate of drug-likeness (QED) is 0.862. The van der Waals surface area contributed by atoms with Crippen LogP contribution in [0.2, 0.25) is 0 Å². The average Bonchev–Trinajstić information content (AvgIpc) is 3.14. The molecule has 0 radical (unpaired) electrons. The maximum absolute atomic E-state index is 13.1. The third-order valence-corrected chi connectivity index (χ3v) is 5.65. The first-order valence-corrected chi connectivity index (χ1v) is 10.4. The van der Waals surface area contributed by atoms with Gasteiger partial charge in [0, 0.05) is 25.3 Å². The number of nitrogens with one attached hydrogen (secondary N) is 1. The van der Waals surface area contributed by atoms with Crippen LogP contribution in [-0.2, 0) is 17.7 Å². The van der Waals surface area contributed by atoms with E-state index in [1.165, 1.54) is 0 Å². The van der Waals surface area contributed by atoms with Gasteiger partial charge in [-0.2, -0.15) is 0 Å². The Balaban J connectivity index is 1.65.